The fourth-order valence-corrected chi connectivity index (χ4v) is 1.35. The highest BCUT2D eigenvalue weighted by molar-refractivity contribution is 5.83. The molecule has 0 aliphatic carbocycles. The van der Waals surface area contributed by atoms with Gasteiger partial charge in [-0.1, -0.05) is 12.1 Å². The number of aromatic hydroxyl groups is 1. The Hall–Kier alpha value is -2.37. The maximum atomic E-state index is 10.7. The molecule has 0 bridgehead atoms. The average Bonchev–Trinajstić information content (AvgIpc) is 2.61. The van der Waals surface area contributed by atoms with Crippen molar-refractivity contribution in [3.63, 3.8) is 0 Å². The quantitative estimate of drug-likeness (QED) is 0.785. The molecule has 0 fully saturated rings. The van der Waals surface area contributed by atoms with Crippen LogP contribution in [0.5, 0.6) is 5.75 Å². The summed E-state index contributed by atoms with van der Waals surface area (Å²) in [7, 11) is 0. The number of hydrogen-bond donors (Lipinski definition) is 2. The first-order valence-corrected chi connectivity index (χ1v) is 4.55. The van der Waals surface area contributed by atoms with E-state index in [1.807, 2.05) is 0 Å². The summed E-state index contributed by atoms with van der Waals surface area (Å²) in [6, 6.07) is 6.51. The lowest BCUT2D eigenvalue weighted by Crippen LogP contribution is -2.02. The Balaban J connectivity index is 2.57. The first-order valence-electron chi connectivity index (χ1n) is 4.55. The molecule has 16 heavy (non-hydrogen) atoms. The summed E-state index contributed by atoms with van der Waals surface area (Å²) in [6.07, 6.45) is 0. The lowest BCUT2D eigenvalue weighted by Gasteiger charge is -2.04. The van der Waals surface area contributed by atoms with Crippen molar-refractivity contribution in [1.29, 1.82) is 0 Å². The van der Waals surface area contributed by atoms with Crippen molar-refractivity contribution in [3.8, 4) is 11.4 Å². The van der Waals surface area contributed by atoms with Gasteiger partial charge in [-0.05, 0) is 19.1 Å². The molecule has 0 saturated heterocycles. The van der Waals surface area contributed by atoms with E-state index in [1.54, 1.807) is 25.1 Å². The summed E-state index contributed by atoms with van der Waals surface area (Å²) in [5, 5.41) is 22.1. The highest BCUT2D eigenvalue weighted by Gasteiger charge is 2.15. The molecule has 0 radical (unpaired) electrons. The van der Waals surface area contributed by atoms with Gasteiger partial charge >= 0.3 is 5.97 Å². The normalized spacial score (nSPS) is 10.3. The van der Waals surface area contributed by atoms with Crippen LogP contribution in [0.25, 0.3) is 5.69 Å². The van der Waals surface area contributed by atoms with Crippen LogP contribution in [0.3, 0.4) is 0 Å². The number of carbonyl (C=O) groups is 1. The molecule has 1 heterocycles. The lowest BCUT2D eigenvalue weighted by molar-refractivity contribution is 0.0683. The molecular weight excluding hydrogens is 210 g/mol. The summed E-state index contributed by atoms with van der Waals surface area (Å²) in [5.74, 6) is -1.07. The molecule has 0 spiro atoms. The van der Waals surface area contributed by atoms with Crippen LogP contribution in [-0.2, 0) is 0 Å². The Kier molecular flexibility index (Phi) is 2.32. The second-order valence-electron chi connectivity index (χ2n) is 3.19. The highest BCUT2D eigenvalue weighted by Crippen LogP contribution is 2.20. The molecule has 0 aliphatic rings. The van der Waals surface area contributed by atoms with Crippen molar-refractivity contribution < 1.29 is 15.0 Å². The number of phenols is 1. The number of aryl methyl sites for hydroxylation is 1. The first kappa shape index (κ1) is 10.2. The van der Waals surface area contributed by atoms with E-state index < -0.39 is 5.97 Å². The minimum absolute atomic E-state index is 0.0208. The Bertz CT molecular complexity index is 548. The molecule has 6 nitrogen and oxygen atoms in total. The van der Waals surface area contributed by atoms with E-state index in [0.717, 1.165) is 0 Å². The second kappa shape index (κ2) is 3.65. The molecule has 0 aliphatic heterocycles. The molecule has 2 aromatic rings. The third kappa shape index (κ3) is 1.60. The minimum atomic E-state index is -1.20. The molecule has 6 heteroatoms. The predicted octanol–water partition coefficient (Wildman–Crippen LogP) is 0.980. The van der Waals surface area contributed by atoms with Gasteiger partial charge in [0.05, 0.1) is 0 Å². The number of carboxylic acids is 1. The van der Waals surface area contributed by atoms with Gasteiger partial charge in [0, 0.05) is 0 Å². The number of benzene rings is 1. The van der Waals surface area contributed by atoms with Crippen molar-refractivity contribution in [2.75, 3.05) is 0 Å². The summed E-state index contributed by atoms with van der Waals surface area (Å²) < 4.78 is 1.29. The van der Waals surface area contributed by atoms with E-state index in [4.69, 9.17) is 5.11 Å². The Morgan fingerprint density at radius 1 is 1.38 bits per heavy atom. The Morgan fingerprint density at radius 3 is 2.62 bits per heavy atom. The van der Waals surface area contributed by atoms with Crippen LogP contribution in [0.15, 0.2) is 24.3 Å². The molecule has 1 aromatic heterocycles. The summed E-state index contributed by atoms with van der Waals surface area (Å²) in [4.78, 5) is 14.5. The van der Waals surface area contributed by atoms with Crippen LogP contribution >= 0.6 is 0 Å². The Labute approximate surface area is 90.8 Å². The lowest BCUT2D eigenvalue weighted by atomic mass is 10.3. The van der Waals surface area contributed by atoms with Gasteiger partial charge in [0.2, 0.25) is 0 Å². The average molecular weight is 219 g/mol. The zero-order valence-corrected chi connectivity index (χ0v) is 8.45. The van der Waals surface area contributed by atoms with Gasteiger partial charge in [0.25, 0.3) is 5.82 Å². The van der Waals surface area contributed by atoms with E-state index in [0.29, 0.717) is 11.5 Å². The van der Waals surface area contributed by atoms with Gasteiger partial charge in [0.1, 0.15) is 17.3 Å². The van der Waals surface area contributed by atoms with Gasteiger partial charge in [-0.2, -0.15) is 0 Å². The number of para-hydroxylation sites is 2. The number of nitrogens with zero attached hydrogens (tertiary/aromatic N) is 3. The molecule has 82 valence electrons. The number of phenolic OH excluding ortho intramolecular Hbond substituents is 1. The molecule has 0 saturated carbocycles. The van der Waals surface area contributed by atoms with Crippen molar-refractivity contribution >= 4 is 5.97 Å². The Morgan fingerprint density at radius 2 is 2.06 bits per heavy atom. The monoisotopic (exact) mass is 219 g/mol. The maximum Gasteiger partial charge on any atom is 0.375 e. The van der Waals surface area contributed by atoms with Gasteiger partial charge in [-0.25, -0.2) is 14.5 Å². The number of aromatic carboxylic acids is 1. The molecular formula is C10H9N3O3. The minimum Gasteiger partial charge on any atom is -0.506 e. The summed E-state index contributed by atoms with van der Waals surface area (Å²) in [6.45, 7) is 1.62. The van der Waals surface area contributed by atoms with E-state index in [-0.39, 0.29) is 11.6 Å². The van der Waals surface area contributed by atoms with E-state index in [2.05, 4.69) is 10.1 Å². The van der Waals surface area contributed by atoms with Gasteiger partial charge in [0.15, 0.2) is 0 Å². The molecule has 2 N–H and O–H groups in total. The third-order valence-corrected chi connectivity index (χ3v) is 2.07. The van der Waals surface area contributed by atoms with Crippen LogP contribution in [0.1, 0.15) is 16.4 Å². The number of hydrogen-bond acceptors (Lipinski definition) is 4. The van der Waals surface area contributed by atoms with Crippen LogP contribution in [0, 0.1) is 6.92 Å². The van der Waals surface area contributed by atoms with Crippen molar-refractivity contribution in [2.45, 2.75) is 6.92 Å². The predicted molar refractivity (Wildman–Crippen MR) is 54.7 cm³/mol. The standard InChI is InChI=1S/C10H9N3O3/c1-6-11-9(10(15)16)12-13(6)7-4-2-3-5-8(7)14/h2-5,14H,1H3,(H,15,16). The van der Waals surface area contributed by atoms with E-state index in [1.165, 1.54) is 10.7 Å². The van der Waals surface area contributed by atoms with Crippen molar-refractivity contribution in [2.24, 2.45) is 0 Å². The topological polar surface area (TPSA) is 88.2 Å². The number of rotatable bonds is 2. The van der Waals surface area contributed by atoms with Crippen LogP contribution < -0.4 is 0 Å². The zero-order valence-electron chi connectivity index (χ0n) is 8.45. The number of carboxylic acid groups (broad SMARTS) is 1. The van der Waals surface area contributed by atoms with Gasteiger partial charge in [-0.15, -0.1) is 5.10 Å². The van der Waals surface area contributed by atoms with Crippen LogP contribution in [-0.4, -0.2) is 30.9 Å². The fourth-order valence-electron chi connectivity index (χ4n) is 1.35. The SMILES string of the molecule is Cc1nc(C(=O)O)nn1-c1ccccc1O. The van der Waals surface area contributed by atoms with E-state index in [9.17, 15) is 9.90 Å². The van der Waals surface area contributed by atoms with Gasteiger partial charge < -0.3 is 10.2 Å². The molecule has 0 amide bonds. The summed E-state index contributed by atoms with van der Waals surface area (Å²) >= 11 is 0. The highest BCUT2D eigenvalue weighted by atomic mass is 16.4. The molecule has 0 atom stereocenters. The largest absolute Gasteiger partial charge is 0.506 e. The number of aromatic nitrogens is 3. The molecule has 1 aromatic carbocycles. The smallest absolute Gasteiger partial charge is 0.375 e. The molecule has 2 rings (SSSR count). The van der Waals surface area contributed by atoms with Gasteiger partial charge in [-0.3, -0.25) is 0 Å². The first-order chi connectivity index (χ1) is 7.59. The molecule has 0 unspecified atom stereocenters. The third-order valence-electron chi connectivity index (χ3n) is 2.07. The summed E-state index contributed by atoms with van der Waals surface area (Å²) in [5.41, 5.74) is 0.403. The maximum absolute atomic E-state index is 10.7. The van der Waals surface area contributed by atoms with Crippen molar-refractivity contribution in [1.82, 2.24) is 14.8 Å². The second-order valence-corrected chi connectivity index (χ2v) is 3.19. The fraction of sp³-hybridized carbons (Fsp3) is 0.100. The van der Waals surface area contributed by atoms with Crippen LogP contribution in [0.4, 0.5) is 0 Å². The zero-order chi connectivity index (χ0) is 11.7. The van der Waals surface area contributed by atoms with Crippen molar-refractivity contribution in [3.05, 3.63) is 35.9 Å². The van der Waals surface area contributed by atoms with Crippen LogP contribution in [0.2, 0.25) is 0 Å². The van der Waals surface area contributed by atoms with E-state index >= 15 is 0 Å².